The zero-order valence-corrected chi connectivity index (χ0v) is 28.5. The highest BCUT2D eigenvalue weighted by atomic mass is 16.5. The fourth-order valence-electron chi connectivity index (χ4n) is 5.83. The zero-order chi connectivity index (χ0) is 36.2. The van der Waals surface area contributed by atoms with Gasteiger partial charge in [0, 0.05) is 17.7 Å². The summed E-state index contributed by atoms with van der Waals surface area (Å²) in [6.07, 6.45) is 1.53. The first kappa shape index (κ1) is 36.5. The number of amides is 4. The van der Waals surface area contributed by atoms with Crippen molar-refractivity contribution in [1.82, 2.24) is 16.0 Å². The Kier molecular flexibility index (Phi) is 12.7. The van der Waals surface area contributed by atoms with Crippen molar-refractivity contribution < 1.29 is 28.7 Å². The number of carbonyl (C=O) groups excluding carboxylic acids is 5. The second-order valence-corrected chi connectivity index (χ2v) is 12.4. The second kappa shape index (κ2) is 17.7. The van der Waals surface area contributed by atoms with E-state index in [1.807, 2.05) is 24.3 Å². The molecule has 4 amide bonds. The molecule has 4 aromatic carbocycles. The van der Waals surface area contributed by atoms with Crippen molar-refractivity contribution in [2.24, 2.45) is 5.73 Å². The number of nitrogens with two attached hydrogens (primary N) is 1. The maximum absolute atomic E-state index is 14.4. The second-order valence-electron chi connectivity index (χ2n) is 12.4. The van der Waals surface area contributed by atoms with Gasteiger partial charge >= 0.3 is 0 Å². The summed E-state index contributed by atoms with van der Waals surface area (Å²) in [6.45, 7) is 2.27. The van der Waals surface area contributed by atoms with E-state index < -0.39 is 35.9 Å². The lowest BCUT2D eigenvalue weighted by Gasteiger charge is -2.29. The average Bonchev–Trinajstić information content (AvgIpc) is 3.26. The van der Waals surface area contributed by atoms with E-state index in [0.717, 1.165) is 19.3 Å². The molecule has 0 saturated heterocycles. The lowest BCUT2D eigenvalue weighted by Crippen LogP contribution is -2.56. The summed E-state index contributed by atoms with van der Waals surface area (Å²) in [5.41, 5.74) is 8.34. The van der Waals surface area contributed by atoms with E-state index in [-0.39, 0.29) is 24.7 Å². The number of fused-ring (bicyclic) bond motifs is 1. The molecule has 1 aliphatic heterocycles. The predicted molar refractivity (Wildman–Crippen MR) is 194 cm³/mol. The number of hydrogen-bond donors (Lipinski definition) is 4. The fourth-order valence-corrected chi connectivity index (χ4v) is 5.83. The molecular formula is C40H43N5O6. The van der Waals surface area contributed by atoms with Gasteiger partial charge in [0.1, 0.15) is 24.4 Å². The van der Waals surface area contributed by atoms with Gasteiger partial charge in [-0.2, -0.15) is 0 Å². The Morgan fingerprint density at radius 1 is 0.784 bits per heavy atom. The van der Waals surface area contributed by atoms with Crippen molar-refractivity contribution in [1.29, 1.82) is 0 Å². The Labute approximate surface area is 297 Å². The third-order valence-electron chi connectivity index (χ3n) is 8.56. The molecule has 0 bridgehead atoms. The lowest BCUT2D eigenvalue weighted by molar-refractivity contribution is -0.132. The molecule has 51 heavy (non-hydrogen) atoms. The number of rotatable bonds is 15. The van der Waals surface area contributed by atoms with Crippen LogP contribution in [0.15, 0.2) is 109 Å². The van der Waals surface area contributed by atoms with Gasteiger partial charge in [-0.25, -0.2) is 0 Å². The number of anilines is 1. The smallest absolute Gasteiger partial charge is 0.254 e. The van der Waals surface area contributed by atoms with E-state index in [1.54, 1.807) is 84.9 Å². The van der Waals surface area contributed by atoms with E-state index >= 15 is 0 Å². The number of nitrogens with one attached hydrogen (secondary N) is 3. The predicted octanol–water partition coefficient (Wildman–Crippen LogP) is 3.86. The molecule has 0 spiro atoms. The molecule has 0 aromatic heterocycles. The van der Waals surface area contributed by atoms with Gasteiger partial charge in [0.2, 0.25) is 17.7 Å². The van der Waals surface area contributed by atoms with Crippen molar-refractivity contribution >= 4 is 35.1 Å². The molecule has 0 fully saturated rings. The van der Waals surface area contributed by atoms with Gasteiger partial charge in [-0.1, -0.05) is 103 Å². The number of ether oxygens (including phenoxy) is 1. The standard InChI is InChI=1S/C40H43N5O6/c1-27(43-34(46)25-28-19-21-30(22-20-28)37(48)29-13-5-2-6-14-29)39(49)44-36-38(31-15-7-3-8-16-31)51-33-18-10-9-17-32(33)45(40(36)50)26-35(47)42-24-12-4-11-23-41/h2-3,5-10,13-22,27,36,38H,4,11-12,23-26,41H2,1H3,(H,42,47)(H,43,46)(H,44,49)/t27-,36-,38+/m0/s1. The number of ketones is 1. The molecule has 4 aromatic rings. The molecule has 0 radical (unpaired) electrons. The van der Waals surface area contributed by atoms with E-state index in [4.69, 9.17) is 10.5 Å². The Morgan fingerprint density at radius 3 is 2.14 bits per heavy atom. The van der Waals surface area contributed by atoms with Crippen LogP contribution in [0, 0.1) is 0 Å². The number of carbonyl (C=O) groups is 5. The van der Waals surface area contributed by atoms with E-state index in [0.29, 0.717) is 46.8 Å². The van der Waals surface area contributed by atoms with Gasteiger partial charge in [-0.05, 0) is 49.6 Å². The lowest BCUT2D eigenvalue weighted by atomic mass is 10.0. The van der Waals surface area contributed by atoms with Crippen LogP contribution in [0.4, 0.5) is 5.69 Å². The Bertz CT molecular complexity index is 1820. The molecule has 5 N–H and O–H groups in total. The topological polar surface area (TPSA) is 160 Å². The summed E-state index contributed by atoms with van der Waals surface area (Å²) in [4.78, 5) is 68.2. The van der Waals surface area contributed by atoms with Crippen LogP contribution in [0.2, 0.25) is 0 Å². The molecule has 5 rings (SSSR count). The number of para-hydroxylation sites is 2. The molecule has 3 atom stereocenters. The number of benzene rings is 4. The first-order valence-electron chi connectivity index (χ1n) is 17.1. The van der Waals surface area contributed by atoms with E-state index in [2.05, 4.69) is 16.0 Å². The summed E-state index contributed by atoms with van der Waals surface area (Å²) in [7, 11) is 0. The first-order chi connectivity index (χ1) is 24.7. The highest BCUT2D eigenvalue weighted by Gasteiger charge is 2.41. The van der Waals surface area contributed by atoms with Crippen molar-refractivity contribution in [3.63, 3.8) is 0 Å². The minimum Gasteiger partial charge on any atom is -0.481 e. The van der Waals surface area contributed by atoms with Crippen LogP contribution >= 0.6 is 0 Å². The van der Waals surface area contributed by atoms with Crippen LogP contribution in [-0.4, -0.2) is 61.1 Å². The highest BCUT2D eigenvalue weighted by molar-refractivity contribution is 6.09. The van der Waals surface area contributed by atoms with Crippen LogP contribution in [0.3, 0.4) is 0 Å². The minimum absolute atomic E-state index is 0.0278. The van der Waals surface area contributed by atoms with Crippen molar-refractivity contribution in [3.8, 4) is 5.75 Å². The zero-order valence-electron chi connectivity index (χ0n) is 28.5. The molecule has 0 unspecified atom stereocenters. The molecule has 1 heterocycles. The van der Waals surface area contributed by atoms with E-state index in [9.17, 15) is 24.0 Å². The summed E-state index contributed by atoms with van der Waals surface area (Å²) in [6, 6.07) is 29.4. The molecule has 264 valence electrons. The van der Waals surface area contributed by atoms with Gasteiger partial charge < -0.3 is 26.4 Å². The minimum atomic E-state index is -1.24. The van der Waals surface area contributed by atoms with Crippen LogP contribution in [-0.2, 0) is 25.6 Å². The molecular weight excluding hydrogens is 646 g/mol. The van der Waals surface area contributed by atoms with E-state index in [1.165, 1.54) is 11.8 Å². The SMILES string of the molecule is C[C@H](NC(=O)Cc1ccc(C(=O)c2ccccc2)cc1)C(=O)N[C@@H]1C(=O)N(CC(=O)NCCCCCN)c2ccccc2O[C@@H]1c1ccccc1. The number of unbranched alkanes of at least 4 members (excludes halogenated alkanes) is 2. The van der Waals surface area contributed by atoms with Crippen LogP contribution in [0.5, 0.6) is 5.75 Å². The van der Waals surface area contributed by atoms with Crippen molar-refractivity contribution in [3.05, 3.63) is 131 Å². The summed E-state index contributed by atoms with van der Waals surface area (Å²) < 4.78 is 6.43. The third kappa shape index (κ3) is 9.67. The van der Waals surface area contributed by atoms with Crippen molar-refractivity contribution in [2.45, 2.75) is 50.8 Å². The van der Waals surface area contributed by atoms with Gasteiger partial charge in [0.15, 0.2) is 11.9 Å². The van der Waals surface area contributed by atoms with Crippen molar-refractivity contribution in [2.75, 3.05) is 24.5 Å². The van der Waals surface area contributed by atoms with Gasteiger partial charge in [0.05, 0.1) is 12.1 Å². The van der Waals surface area contributed by atoms with Crippen LogP contribution in [0.25, 0.3) is 0 Å². The molecule has 11 nitrogen and oxygen atoms in total. The maximum atomic E-state index is 14.4. The summed E-state index contributed by atoms with van der Waals surface area (Å²) in [5.74, 6) is -1.66. The Hall–Kier alpha value is -5.81. The normalized spacial score (nSPS) is 15.8. The van der Waals surface area contributed by atoms with Gasteiger partial charge in [-0.15, -0.1) is 0 Å². The Morgan fingerprint density at radius 2 is 1.43 bits per heavy atom. The monoisotopic (exact) mass is 689 g/mol. The molecule has 0 aliphatic carbocycles. The fraction of sp³-hybridized carbons (Fsp3) is 0.275. The third-order valence-corrected chi connectivity index (χ3v) is 8.56. The summed E-state index contributed by atoms with van der Waals surface area (Å²) >= 11 is 0. The largest absolute Gasteiger partial charge is 0.481 e. The molecule has 11 heteroatoms. The molecule has 1 aliphatic rings. The highest BCUT2D eigenvalue weighted by Crippen LogP contribution is 2.37. The van der Waals surface area contributed by atoms with Crippen LogP contribution in [0.1, 0.15) is 59.3 Å². The Balaban J connectivity index is 1.28. The van der Waals surface area contributed by atoms with Gasteiger partial charge in [-0.3, -0.25) is 28.9 Å². The van der Waals surface area contributed by atoms with Crippen LogP contribution < -0.4 is 31.3 Å². The molecule has 0 saturated carbocycles. The number of hydrogen-bond acceptors (Lipinski definition) is 7. The first-order valence-corrected chi connectivity index (χ1v) is 17.1. The van der Waals surface area contributed by atoms with Gasteiger partial charge in [0.25, 0.3) is 5.91 Å². The average molecular weight is 690 g/mol. The number of nitrogens with zero attached hydrogens (tertiary/aromatic N) is 1. The quantitative estimate of drug-likeness (QED) is 0.109. The summed E-state index contributed by atoms with van der Waals surface area (Å²) in [5, 5.41) is 8.39. The maximum Gasteiger partial charge on any atom is 0.254 e.